The zero-order valence-corrected chi connectivity index (χ0v) is 17.1. The van der Waals surface area contributed by atoms with Gasteiger partial charge in [0, 0.05) is 23.7 Å². The molecule has 1 amide bonds. The van der Waals surface area contributed by atoms with Crippen LogP contribution in [0.25, 0.3) is 5.76 Å². The van der Waals surface area contributed by atoms with Gasteiger partial charge >= 0.3 is 0 Å². The van der Waals surface area contributed by atoms with Crippen molar-refractivity contribution in [3.63, 3.8) is 0 Å². The van der Waals surface area contributed by atoms with Gasteiger partial charge in [-0.15, -0.1) is 0 Å². The average molecular weight is 446 g/mol. The minimum atomic E-state index is -0.714. The molecule has 0 aromatic heterocycles. The largest absolute Gasteiger partial charge is 0.507 e. The molecule has 6 nitrogen and oxygen atoms in total. The minimum absolute atomic E-state index is 0.0596. The number of carbonyl (C=O) groups excluding carboxylic acids is 2. The Labute approximate surface area is 171 Å². The summed E-state index contributed by atoms with van der Waals surface area (Å²) in [5.41, 5.74) is 1.22. The molecule has 1 N–H and O–H groups in total. The van der Waals surface area contributed by atoms with E-state index in [1.165, 1.54) is 12.0 Å². The van der Waals surface area contributed by atoms with Crippen LogP contribution in [0.3, 0.4) is 0 Å². The van der Waals surface area contributed by atoms with Crippen LogP contribution in [-0.2, 0) is 14.3 Å². The molecule has 0 saturated carbocycles. The molecule has 1 fully saturated rings. The second kappa shape index (κ2) is 8.58. The Kier molecular flexibility index (Phi) is 6.16. The summed E-state index contributed by atoms with van der Waals surface area (Å²) in [6, 6.07) is 13.3. The van der Waals surface area contributed by atoms with Crippen molar-refractivity contribution < 1.29 is 24.2 Å². The third-order valence-electron chi connectivity index (χ3n) is 4.60. The van der Waals surface area contributed by atoms with E-state index in [2.05, 4.69) is 15.9 Å². The molecule has 0 unspecified atom stereocenters. The number of aliphatic hydroxyl groups excluding tert-OH is 1. The summed E-state index contributed by atoms with van der Waals surface area (Å²) in [4.78, 5) is 26.9. The first-order valence-electron chi connectivity index (χ1n) is 8.65. The number of likely N-dealkylation sites (tertiary alicyclic amines) is 1. The Balaban J connectivity index is 2.14. The molecule has 0 aliphatic carbocycles. The lowest BCUT2D eigenvalue weighted by Crippen LogP contribution is -2.32. The van der Waals surface area contributed by atoms with Crippen LogP contribution in [0.15, 0.2) is 58.6 Å². The first-order chi connectivity index (χ1) is 13.5. The number of aliphatic hydroxyl groups is 1. The van der Waals surface area contributed by atoms with Gasteiger partial charge in [-0.3, -0.25) is 9.59 Å². The van der Waals surface area contributed by atoms with Gasteiger partial charge in [-0.05, 0) is 42.0 Å². The Morgan fingerprint density at radius 2 is 1.86 bits per heavy atom. The summed E-state index contributed by atoms with van der Waals surface area (Å²) in [6.07, 6.45) is 0. The second-order valence-corrected chi connectivity index (χ2v) is 7.18. The predicted molar refractivity (Wildman–Crippen MR) is 108 cm³/mol. The van der Waals surface area contributed by atoms with E-state index in [0.717, 1.165) is 10.0 Å². The van der Waals surface area contributed by atoms with Crippen molar-refractivity contribution in [2.75, 3.05) is 27.4 Å². The maximum absolute atomic E-state index is 12.8. The number of Topliss-reactive ketones (excluding diaryl/α,β-unsaturated/α-hetero) is 1. The summed E-state index contributed by atoms with van der Waals surface area (Å²) >= 11 is 3.42. The van der Waals surface area contributed by atoms with Crippen LogP contribution in [0, 0.1) is 0 Å². The number of hydrogen-bond acceptors (Lipinski definition) is 5. The molecule has 0 bridgehead atoms. The third-order valence-corrected chi connectivity index (χ3v) is 5.10. The molecule has 1 heterocycles. The van der Waals surface area contributed by atoms with Crippen molar-refractivity contribution in [3.8, 4) is 5.75 Å². The number of carbonyl (C=O) groups is 2. The van der Waals surface area contributed by atoms with Gasteiger partial charge < -0.3 is 19.5 Å². The number of halogens is 1. The molecular weight excluding hydrogens is 426 g/mol. The monoisotopic (exact) mass is 445 g/mol. The molecular formula is C21H20BrNO5. The van der Waals surface area contributed by atoms with Crippen LogP contribution in [0.4, 0.5) is 0 Å². The van der Waals surface area contributed by atoms with Gasteiger partial charge in [-0.1, -0.05) is 28.1 Å². The zero-order chi connectivity index (χ0) is 20.3. The first-order valence-corrected chi connectivity index (χ1v) is 9.44. The van der Waals surface area contributed by atoms with Gasteiger partial charge in [0.15, 0.2) is 0 Å². The smallest absolute Gasteiger partial charge is 0.295 e. The number of rotatable bonds is 6. The highest BCUT2D eigenvalue weighted by Gasteiger charge is 2.45. The predicted octanol–water partition coefficient (Wildman–Crippen LogP) is 3.53. The SMILES string of the molecule is COCCN1C(=O)C(=O)C(=C(O)c2ccc(OC)cc2)[C@H]1c1cccc(Br)c1. The van der Waals surface area contributed by atoms with E-state index in [9.17, 15) is 14.7 Å². The lowest BCUT2D eigenvalue weighted by Gasteiger charge is -2.25. The summed E-state index contributed by atoms with van der Waals surface area (Å²) in [7, 11) is 3.07. The molecule has 3 rings (SSSR count). The Morgan fingerprint density at radius 3 is 2.46 bits per heavy atom. The second-order valence-electron chi connectivity index (χ2n) is 6.27. The molecule has 1 aliphatic heterocycles. The van der Waals surface area contributed by atoms with E-state index < -0.39 is 17.7 Å². The standard InChI is InChI=1S/C21H20BrNO5/c1-27-11-10-23-18(14-4-3-5-15(22)12-14)17(20(25)21(23)26)19(24)13-6-8-16(28-2)9-7-13/h3-9,12,18,24H,10-11H2,1-2H3/t18-/m1/s1. The molecule has 1 saturated heterocycles. The van der Waals surface area contributed by atoms with Gasteiger partial charge in [0.1, 0.15) is 11.5 Å². The van der Waals surface area contributed by atoms with Crippen molar-refractivity contribution >= 4 is 33.4 Å². The van der Waals surface area contributed by atoms with E-state index in [4.69, 9.17) is 9.47 Å². The highest BCUT2D eigenvalue weighted by atomic mass is 79.9. The van der Waals surface area contributed by atoms with E-state index in [1.807, 2.05) is 24.3 Å². The van der Waals surface area contributed by atoms with Gasteiger partial charge in [0.05, 0.1) is 25.3 Å². The molecule has 1 atom stereocenters. The fraction of sp³-hybridized carbons (Fsp3) is 0.238. The Morgan fingerprint density at radius 1 is 1.14 bits per heavy atom. The molecule has 0 spiro atoms. The van der Waals surface area contributed by atoms with Crippen molar-refractivity contribution in [3.05, 3.63) is 69.7 Å². The van der Waals surface area contributed by atoms with Crippen molar-refractivity contribution in [1.29, 1.82) is 0 Å². The van der Waals surface area contributed by atoms with E-state index >= 15 is 0 Å². The molecule has 0 radical (unpaired) electrons. The number of benzene rings is 2. The van der Waals surface area contributed by atoms with Crippen molar-refractivity contribution in [1.82, 2.24) is 4.90 Å². The van der Waals surface area contributed by atoms with Crippen LogP contribution < -0.4 is 4.74 Å². The highest BCUT2D eigenvalue weighted by molar-refractivity contribution is 9.10. The molecule has 28 heavy (non-hydrogen) atoms. The fourth-order valence-corrected chi connectivity index (χ4v) is 3.64. The van der Waals surface area contributed by atoms with Crippen molar-refractivity contribution in [2.45, 2.75) is 6.04 Å². The number of nitrogens with zero attached hydrogens (tertiary/aromatic N) is 1. The number of hydrogen-bond donors (Lipinski definition) is 1. The van der Waals surface area contributed by atoms with Gasteiger partial charge in [-0.25, -0.2) is 0 Å². The van der Waals surface area contributed by atoms with Crippen LogP contribution in [0.5, 0.6) is 5.75 Å². The maximum Gasteiger partial charge on any atom is 0.295 e. The minimum Gasteiger partial charge on any atom is -0.507 e. The summed E-state index contributed by atoms with van der Waals surface area (Å²) in [5.74, 6) is -0.960. The number of ether oxygens (including phenoxy) is 2. The highest BCUT2D eigenvalue weighted by Crippen LogP contribution is 2.39. The number of amides is 1. The van der Waals surface area contributed by atoms with Crippen LogP contribution in [0.2, 0.25) is 0 Å². The fourth-order valence-electron chi connectivity index (χ4n) is 3.23. The maximum atomic E-state index is 12.8. The topological polar surface area (TPSA) is 76.1 Å². The number of ketones is 1. The average Bonchev–Trinajstić information content (AvgIpc) is 2.96. The lowest BCUT2D eigenvalue weighted by atomic mass is 9.95. The third kappa shape index (κ3) is 3.81. The zero-order valence-electron chi connectivity index (χ0n) is 15.5. The molecule has 146 valence electrons. The van der Waals surface area contributed by atoms with Crippen molar-refractivity contribution in [2.24, 2.45) is 0 Å². The van der Waals surface area contributed by atoms with Crippen LogP contribution >= 0.6 is 15.9 Å². The summed E-state index contributed by atoms with van der Waals surface area (Å²) < 4.78 is 11.0. The number of methoxy groups -OCH3 is 2. The summed E-state index contributed by atoms with van der Waals surface area (Å²) in [6.45, 7) is 0.512. The lowest BCUT2D eigenvalue weighted by molar-refractivity contribution is -0.140. The van der Waals surface area contributed by atoms with E-state index in [1.54, 1.807) is 31.4 Å². The summed E-state index contributed by atoms with van der Waals surface area (Å²) in [5, 5.41) is 10.9. The van der Waals surface area contributed by atoms with Gasteiger partial charge in [0.2, 0.25) is 0 Å². The Bertz CT molecular complexity index is 923. The van der Waals surface area contributed by atoms with E-state index in [0.29, 0.717) is 11.3 Å². The first kappa shape index (κ1) is 20.1. The molecule has 2 aromatic rings. The molecule has 2 aromatic carbocycles. The van der Waals surface area contributed by atoms with Gasteiger partial charge in [-0.2, -0.15) is 0 Å². The van der Waals surface area contributed by atoms with E-state index in [-0.39, 0.29) is 24.5 Å². The Hall–Kier alpha value is -2.64. The normalized spacial score (nSPS) is 18.5. The molecule has 1 aliphatic rings. The quantitative estimate of drug-likeness (QED) is 0.418. The van der Waals surface area contributed by atoms with Crippen LogP contribution in [-0.4, -0.2) is 49.1 Å². The van der Waals surface area contributed by atoms with Gasteiger partial charge in [0.25, 0.3) is 11.7 Å². The molecule has 7 heteroatoms. The van der Waals surface area contributed by atoms with Crippen LogP contribution in [0.1, 0.15) is 17.2 Å².